The van der Waals surface area contributed by atoms with Crippen LogP contribution in [0.15, 0.2) is 30.3 Å². The first-order valence-corrected chi connectivity index (χ1v) is 20.7. The van der Waals surface area contributed by atoms with Gasteiger partial charge in [0.1, 0.15) is 6.10 Å². The van der Waals surface area contributed by atoms with E-state index in [2.05, 4.69) is 34.6 Å². The number of fused-ring (bicyclic) bond motifs is 5. The van der Waals surface area contributed by atoms with E-state index in [0.717, 1.165) is 38.5 Å². The van der Waals surface area contributed by atoms with Crippen LogP contribution in [-0.4, -0.2) is 79.3 Å². The molecule has 4 saturated carbocycles. The van der Waals surface area contributed by atoms with Crippen LogP contribution in [0, 0.1) is 58.2 Å². The van der Waals surface area contributed by atoms with Crippen molar-refractivity contribution in [3.63, 3.8) is 0 Å². The fraction of sp³-hybridized carbons (Fsp3) is 0.821. The standard InChI is InChI=1S/C39H56F3O10P/c1-19(2)21(4)25-18-20(3)27-33(49-25)34-28-26-23(14-16-37(27,28)6)36(5)17-15-24(30(43)29(36)31(44)32(26)51-53(46,48-8)52-34)50-35(45)38(47-7,39(40,41)42)22-12-10-9-11-13-22/h9-13,19-21,23-34,43-44H,14-18H2,1-8H3/t20-,21+,23+,24+,25-,26-,27+,28-,29-,30+,31+,32-,33+,34+,36-,37-,38-,53?/m1/s1. The highest BCUT2D eigenvalue weighted by molar-refractivity contribution is 7.48. The summed E-state index contributed by atoms with van der Waals surface area (Å²) < 4.78 is 94.4. The van der Waals surface area contributed by atoms with Gasteiger partial charge in [0.25, 0.3) is 5.60 Å². The van der Waals surface area contributed by atoms with E-state index in [0.29, 0.717) is 12.3 Å². The van der Waals surface area contributed by atoms with Gasteiger partial charge in [-0.3, -0.25) is 13.6 Å². The van der Waals surface area contributed by atoms with Gasteiger partial charge in [0.05, 0.1) is 36.6 Å². The van der Waals surface area contributed by atoms with Gasteiger partial charge in [-0.1, -0.05) is 71.9 Å². The van der Waals surface area contributed by atoms with E-state index < -0.39 is 73.0 Å². The molecule has 6 aliphatic rings. The Bertz CT molecular complexity index is 1580. The second-order valence-electron chi connectivity index (χ2n) is 17.7. The minimum Gasteiger partial charge on any atom is -0.457 e. The van der Waals surface area contributed by atoms with Crippen LogP contribution < -0.4 is 0 Å². The molecule has 0 amide bonds. The van der Waals surface area contributed by atoms with Crippen LogP contribution in [0.1, 0.15) is 79.2 Å². The Hall–Kier alpha value is -1.57. The Morgan fingerprint density at radius 2 is 1.57 bits per heavy atom. The molecule has 1 unspecified atom stereocenters. The summed E-state index contributed by atoms with van der Waals surface area (Å²) in [6.45, 7) is 13.1. The first-order valence-electron chi connectivity index (χ1n) is 19.2. The molecular formula is C39H56F3O10P. The number of rotatable bonds is 7. The molecule has 298 valence electrons. The average molecular weight is 773 g/mol. The summed E-state index contributed by atoms with van der Waals surface area (Å²) in [7, 11) is -2.25. The third kappa shape index (κ3) is 5.75. The number of ether oxygens (including phenoxy) is 3. The highest BCUT2D eigenvalue weighted by Gasteiger charge is 2.75. The van der Waals surface area contributed by atoms with Gasteiger partial charge >= 0.3 is 20.0 Å². The Balaban J connectivity index is 1.24. The van der Waals surface area contributed by atoms with E-state index in [4.69, 9.17) is 27.8 Å². The lowest BCUT2D eigenvalue weighted by molar-refractivity contribution is -0.286. The average Bonchev–Trinajstić information content (AvgIpc) is 3.24. The van der Waals surface area contributed by atoms with Gasteiger partial charge in [0.2, 0.25) is 0 Å². The van der Waals surface area contributed by atoms with Crippen LogP contribution >= 0.6 is 7.82 Å². The molecule has 0 bridgehead atoms. The molecule has 0 radical (unpaired) electrons. The van der Waals surface area contributed by atoms with Crippen molar-refractivity contribution >= 4 is 13.8 Å². The lowest BCUT2D eigenvalue weighted by Gasteiger charge is -2.64. The molecule has 1 aromatic rings. The molecule has 0 aromatic heterocycles. The smallest absolute Gasteiger partial charge is 0.457 e. The van der Waals surface area contributed by atoms with E-state index in [1.807, 2.05) is 6.92 Å². The number of alkyl halides is 3. The largest absolute Gasteiger partial charge is 0.475 e. The number of esters is 1. The summed E-state index contributed by atoms with van der Waals surface area (Å²) in [5.74, 6) is -2.37. The van der Waals surface area contributed by atoms with Gasteiger partial charge in [-0.05, 0) is 84.4 Å². The predicted molar refractivity (Wildman–Crippen MR) is 186 cm³/mol. The first-order chi connectivity index (χ1) is 24.8. The molecule has 2 heterocycles. The van der Waals surface area contributed by atoms with Crippen molar-refractivity contribution in [3.8, 4) is 0 Å². The molecule has 2 N–H and O–H groups in total. The second kappa shape index (κ2) is 13.5. The van der Waals surface area contributed by atoms with E-state index >= 15 is 0 Å². The Morgan fingerprint density at radius 3 is 2.17 bits per heavy atom. The topological polar surface area (TPSA) is 130 Å². The molecule has 10 nitrogen and oxygen atoms in total. The van der Waals surface area contributed by atoms with Crippen molar-refractivity contribution in [2.45, 2.75) is 128 Å². The number of aliphatic hydroxyl groups is 2. The molecule has 18 atom stereocenters. The molecule has 1 aromatic carbocycles. The summed E-state index contributed by atoms with van der Waals surface area (Å²) >= 11 is 0. The fourth-order valence-electron chi connectivity index (χ4n) is 12.4. The predicted octanol–water partition coefficient (Wildman–Crippen LogP) is 7.06. The maximum Gasteiger partial charge on any atom is 0.475 e. The maximum absolute atomic E-state index is 14.8. The van der Waals surface area contributed by atoms with Crippen molar-refractivity contribution in [3.05, 3.63) is 35.9 Å². The van der Waals surface area contributed by atoms with Gasteiger partial charge in [-0.15, -0.1) is 0 Å². The zero-order chi connectivity index (χ0) is 38.6. The zero-order valence-electron chi connectivity index (χ0n) is 31.8. The number of carbonyl (C=O) groups is 1. The number of phosphoric ester groups is 1. The first kappa shape index (κ1) is 39.7. The molecule has 53 heavy (non-hydrogen) atoms. The Labute approximate surface area is 310 Å². The summed E-state index contributed by atoms with van der Waals surface area (Å²) in [6.07, 6.45) is -8.89. The molecule has 6 fully saturated rings. The van der Waals surface area contributed by atoms with E-state index in [-0.39, 0.29) is 59.6 Å². The SMILES string of the molecule is CO[C@@](C(=O)O[C@H]1CC[C@@]2(C)[C@@H]([C@H](O)[C@@H]3OP(=O)(OC)O[C@@H]4[C@H]5O[C@@H]([C@@H](C)C(C)C)C[C@@H](C)[C@@H]5[C@@]5(C)CC[C@H]2[C@@H]3[C@H]45)[C@H]1O)(c1ccccc1)C(F)(F)F. The van der Waals surface area contributed by atoms with Gasteiger partial charge in [0.15, 0.2) is 0 Å². The molecule has 0 spiro atoms. The third-order valence-corrected chi connectivity index (χ3v) is 16.6. The van der Waals surface area contributed by atoms with E-state index in [1.54, 1.807) is 0 Å². The van der Waals surface area contributed by atoms with E-state index in [1.165, 1.54) is 25.3 Å². The summed E-state index contributed by atoms with van der Waals surface area (Å²) in [5.41, 5.74) is -4.95. The number of benzene rings is 1. The minimum atomic E-state index is -5.20. The van der Waals surface area contributed by atoms with Gasteiger partial charge in [-0.2, -0.15) is 13.2 Å². The number of hydrogen-bond acceptors (Lipinski definition) is 10. The van der Waals surface area contributed by atoms with Gasteiger partial charge in [-0.25, -0.2) is 9.36 Å². The van der Waals surface area contributed by atoms with Crippen LogP contribution in [-0.2, 0) is 42.7 Å². The molecule has 7 rings (SSSR count). The Kier molecular flexibility index (Phi) is 10.1. The van der Waals surface area contributed by atoms with Crippen LogP contribution in [0.5, 0.6) is 0 Å². The van der Waals surface area contributed by atoms with Crippen molar-refractivity contribution in [2.75, 3.05) is 14.2 Å². The number of halogens is 3. The lowest BCUT2D eigenvalue weighted by Crippen LogP contribution is -2.68. The molecule has 14 heteroatoms. The quantitative estimate of drug-likeness (QED) is 0.220. The van der Waals surface area contributed by atoms with Crippen molar-refractivity contribution in [1.29, 1.82) is 0 Å². The van der Waals surface area contributed by atoms with Crippen LogP contribution in [0.3, 0.4) is 0 Å². The second-order valence-corrected chi connectivity index (χ2v) is 19.4. The number of phosphoric acid groups is 1. The summed E-state index contributed by atoms with van der Waals surface area (Å²) in [6, 6.07) is 6.52. The molecule has 2 aliphatic heterocycles. The van der Waals surface area contributed by atoms with E-state index in [9.17, 15) is 32.7 Å². The number of methoxy groups -OCH3 is 1. The third-order valence-electron chi connectivity index (χ3n) is 15.2. The molecular weight excluding hydrogens is 716 g/mol. The van der Waals surface area contributed by atoms with Crippen molar-refractivity contribution in [1.82, 2.24) is 0 Å². The lowest BCUT2D eigenvalue weighted by atomic mass is 9.42. The minimum absolute atomic E-state index is 0.0145. The highest BCUT2D eigenvalue weighted by atomic mass is 31.2. The normalized spacial score (nSPS) is 48.1. The number of carbonyl (C=O) groups excluding carboxylic acids is 1. The maximum atomic E-state index is 14.8. The van der Waals surface area contributed by atoms with Crippen LogP contribution in [0.2, 0.25) is 0 Å². The fourth-order valence-corrected chi connectivity index (χ4v) is 13.8. The summed E-state index contributed by atoms with van der Waals surface area (Å²) in [5, 5.41) is 24.4. The monoisotopic (exact) mass is 772 g/mol. The summed E-state index contributed by atoms with van der Waals surface area (Å²) in [4.78, 5) is 13.7. The number of hydrogen-bond donors (Lipinski definition) is 2. The molecule has 2 saturated heterocycles. The van der Waals surface area contributed by atoms with Gasteiger partial charge < -0.3 is 24.4 Å². The van der Waals surface area contributed by atoms with Crippen LogP contribution in [0.25, 0.3) is 0 Å². The van der Waals surface area contributed by atoms with Crippen molar-refractivity contribution < 1.29 is 60.5 Å². The highest BCUT2D eigenvalue weighted by Crippen LogP contribution is 2.74. The number of aliphatic hydroxyl groups excluding tert-OH is 2. The van der Waals surface area contributed by atoms with Crippen LogP contribution in [0.4, 0.5) is 13.2 Å². The van der Waals surface area contributed by atoms with Gasteiger partial charge in [0, 0.05) is 25.7 Å². The zero-order valence-corrected chi connectivity index (χ0v) is 32.7. The molecule has 4 aliphatic carbocycles. The Morgan fingerprint density at radius 1 is 0.925 bits per heavy atom. The van der Waals surface area contributed by atoms with Crippen molar-refractivity contribution in [2.24, 2.45) is 58.2 Å².